The summed E-state index contributed by atoms with van der Waals surface area (Å²) in [5.41, 5.74) is 5.65. The topological polar surface area (TPSA) is 55.6 Å². The normalized spacial score (nSPS) is 29.8. The van der Waals surface area contributed by atoms with E-state index >= 15 is 0 Å². The molecular formula is C16H31ClN2O2. The van der Waals surface area contributed by atoms with Crippen molar-refractivity contribution in [3.8, 4) is 0 Å². The molecule has 0 radical (unpaired) electrons. The van der Waals surface area contributed by atoms with Crippen molar-refractivity contribution in [2.45, 2.75) is 58.0 Å². The minimum atomic E-state index is 0. The van der Waals surface area contributed by atoms with Gasteiger partial charge in [0.1, 0.15) is 0 Å². The van der Waals surface area contributed by atoms with Crippen LogP contribution in [0.5, 0.6) is 0 Å². The van der Waals surface area contributed by atoms with E-state index in [2.05, 4.69) is 6.92 Å². The van der Waals surface area contributed by atoms with Crippen molar-refractivity contribution in [3.63, 3.8) is 0 Å². The van der Waals surface area contributed by atoms with E-state index in [-0.39, 0.29) is 24.4 Å². The number of ether oxygens (including phenoxy) is 1. The summed E-state index contributed by atoms with van der Waals surface area (Å²) in [7, 11) is 0. The molecule has 0 bridgehead atoms. The molecule has 0 aromatic rings. The van der Waals surface area contributed by atoms with Gasteiger partial charge in [-0.05, 0) is 31.6 Å². The maximum atomic E-state index is 12.6. The summed E-state index contributed by atoms with van der Waals surface area (Å²) in [6.07, 6.45) is 8.65. The first-order valence-electron chi connectivity index (χ1n) is 8.35. The Hall–Kier alpha value is -0.320. The monoisotopic (exact) mass is 318 g/mol. The van der Waals surface area contributed by atoms with E-state index in [0.29, 0.717) is 25.6 Å². The first-order chi connectivity index (χ1) is 9.74. The van der Waals surface area contributed by atoms with E-state index in [4.69, 9.17) is 10.5 Å². The molecule has 21 heavy (non-hydrogen) atoms. The molecule has 2 fully saturated rings. The number of morpholine rings is 1. The molecule has 2 N–H and O–H groups in total. The number of hydrogen-bond acceptors (Lipinski definition) is 3. The second-order valence-electron chi connectivity index (χ2n) is 6.37. The third-order valence-electron chi connectivity index (χ3n) is 4.88. The number of carbonyl (C=O) groups is 1. The SMILES string of the molecule is CCCCC1CCC(C(=O)N2CCOC(CN)C2)CC1.Cl. The zero-order valence-corrected chi connectivity index (χ0v) is 14.1. The summed E-state index contributed by atoms with van der Waals surface area (Å²) in [5, 5.41) is 0. The molecule has 1 aliphatic heterocycles. The molecular weight excluding hydrogens is 288 g/mol. The number of unbranched alkanes of at least 4 members (excludes halogenated alkanes) is 1. The summed E-state index contributed by atoms with van der Waals surface area (Å²) in [6.45, 7) is 4.82. The fraction of sp³-hybridized carbons (Fsp3) is 0.938. The minimum Gasteiger partial charge on any atom is -0.373 e. The van der Waals surface area contributed by atoms with Crippen molar-refractivity contribution in [2.24, 2.45) is 17.6 Å². The molecule has 0 spiro atoms. The van der Waals surface area contributed by atoms with Crippen LogP contribution in [0.1, 0.15) is 51.9 Å². The van der Waals surface area contributed by atoms with Crippen molar-refractivity contribution < 1.29 is 9.53 Å². The average Bonchev–Trinajstić information content (AvgIpc) is 2.52. The average molecular weight is 319 g/mol. The lowest BCUT2D eigenvalue weighted by molar-refractivity contribution is -0.144. The number of carbonyl (C=O) groups excluding carboxylic acids is 1. The number of hydrogen-bond donors (Lipinski definition) is 1. The maximum Gasteiger partial charge on any atom is 0.225 e. The molecule has 4 nitrogen and oxygen atoms in total. The fourth-order valence-corrected chi connectivity index (χ4v) is 3.51. The van der Waals surface area contributed by atoms with E-state index in [0.717, 1.165) is 25.3 Å². The Kier molecular flexibility index (Phi) is 8.60. The molecule has 0 aromatic carbocycles. The molecule has 1 aliphatic carbocycles. The predicted molar refractivity (Wildman–Crippen MR) is 87.6 cm³/mol. The summed E-state index contributed by atoms with van der Waals surface area (Å²) in [5.74, 6) is 1.46. The standard InChI is InChI=1S/C16H30N2O2.ClH/c1-2-3-4-13-5-7-14(8-6-13)16(19)18-9-10-20-15(11-17)12-18;/h13-15H,2-12,17H2,1H3;1H. The van der Waals surface area contributed by atoms with Crippen LogP contribution in [-0.4, -0.2) is 43.2 Å². The zero-order valence-electron chi connectivity index (χ0n) is 13.3. The third kappa shape index (κ3) is 5.42. The van der Waals surface area contributed by atoms with E-state index in [1.165, 1.54) is 32.1 Å². The van der Waals surface area contributed by atoms with Crippen LogP contribution in [0.3, 0.4) is 0 Å². The lowest BCUT2D eigenvalue weighted by Gasteiger charge is -2.36. The first-order valence-corrected chi connectivity index (χ1v) is 8.35. The molecule has 2 rings (SSSR count). The maximum absolute atomic E-state index is 12.6. The smallest absolute Gasteiger partial charge is 0.225 e. The van der Waals surface area contributed by atoms with Crippen LogP contribution in [-0.2, 0) is 9.53 Å². The molecule has 0 aromatic heterocycles. The van der Waals surface area contributed by atoms with Gasteiger partial charge in [-0.3, -0.25) is 4.79 Å². The van der Waals surface area contributed by atoms with Gasteiger partial charge in [0.2, 0.25) is 5.91 Å². The highest BCUT2D eigenvalue weighted by Crippen LogP contribution is 2.33. The van der Waals surface area contributed by atoms with Gasteiger partial charge in [0.25, 0.3) is 0 Å². The van der Waals surface area contributed by atoms with Crippen LogP contribution in [0.25, 0.3) is 0 Å². The number of rotatable bonds is 5. The van der Waals surface area contributed by atoms with E-state index < -0.39 is 0 Å². The summed E-state index contributed by atoms with van der Waals surface area (Å²) in [6, 6.07) is 0. The van der Waals surface area contributed by atoms with Crippen molar-refractivity contribution in [2.75, 3.05) is 26.2 Å². The van der Waals surface area contributed by atoms with E-state index in [1.807, 2.05) is 4.90 Å². The van der Waals surface area contributed by atoms with Gasteiger partial charge < -0.3 is 15.4 Å². The van der Waals surface area contributed by atoms with Crippen LogP contribution in [0.2, 0.25) is 0 Å². The Labute approximate surface area is 135 Å². The lowest BCUT2D eigenvalue weighted by Crippen LogP contribution is -2.50. The Morgan fingerprint density at radius 3 is 2.62 bits per heavy atom. The second kappa shape index (κ2) is 9.65. The van der Waals surface area contributed by atoms with Gasteiger partial charge >= 0.3 is 0 Å². The quantitative estimate of drug-likeness (QED) is 0.847. The molecule has 1 saturated carbocycles. The highest BCUT2D eigenvalue weighted by Gasteiger charge is 2.31. The van der Waals surface area contributed by atoms with Crippen molar-refractivity contribution >= 4 is 18.3 Å². The van der Waals surface area contributed by atoms with Crippen LogP contribution in [0.4, 0.5) is 0 Å². The van der Waals surface area contributed by atoms with E-state index in [9.17, 15) is 4.79 Å². The van der Waals surface area contributed by atoms with Gasteiger partial charge in [-0.2, -0.15) is 0 Å². The lowest BCUT2D eigenvalue weighted by atomic mass is 9.79. The van der Waals surface area contributed by atoms with Crippen molar-refractivity contribution in [1.82, 2.24) is 4.90 Å². The molecule has 1 amide bonds. The molecule has 1 saturated heterocycles. The van der Waals surface area contributed by atoms with Crippen LogP contribution >= 0.6 is 12.4 Å². The Morgan fingerprint density at radius 2 is 2.00 bits per heavy atom. The fourth-order valence-electron chi connectivity index (χ4n) is 3.51. The Morgan fingerprint density at radius 1 is 1.29 bits per heavy atom. The van der Waals surface area contributed by atoms with Gasteiger partial charge in [-0.1, -0.05) is 26.2 Å². The summed E-state index contributed by atoms with van der Waals surface area (Å²) in [4.78, 5) is 14.5. The number of nitrogens with two attached hydrogens (primary N) is 1. The highest BCUT2D eigenvalue weighted by molar-refractivity contribution is 5.85. The van der Waals surface area contributed by atoms with Gasteiger partial charge in [-0.15, -0.1) is 12.4 Å². The molecule has 5 heteroatoms. The van der Waals surface area contributed by atoms with Crippen LogP contribution in [0.15, 0.2) is 0 Å². The first kappa shape index (κ1) is 18.7. The highest BCUT2D eigenvalue weighted by atomic mass is 35.5. The molecule has 1 atom stereocenters. The van der Waals surface area contributed by atoms with Gasteiger partial charge in [0.15, 0.2) is 0 Å². The summed E-state index contributed by atoms with van der Waals surface area (Å²) < 4.78 is 5.54. The largest absolute Gasteiger partial charge is 0.373 e. The Balaban J connectivity index is 0.00000220. The number of halogens is 1. The summed E-state index contributed by atoms with van der Waals surface area (Å²) >= 11 is 0. The molecule has 2 aliphatic rings. The molecule has 1 unspecified atom stereocenters. The Bertz CT molecular complexity index is 307. The predicted octanol–water partition coefficient (Wildman–Crippen LogP) is 2.59. The molecule has 124 valence electrons. The van der Waals surface area contributed by atoms with Crippen LogP contribution in [0, 0.1) is 11.8 Å². The van der Waals surface area contributed by atoms with Crippen LogP contribution < -0.4 is 5.73 Å². The van der Waals surface area contributed by atoms with Gasteiger partial charge in [0, 0.05) is 25.6 Å². The van der Waals surface area contributed by atoms with Crippen molar-refractivity contribution in [1.29, 1.82) is 0 Å². The number of nitrogens with zero attached hydrogens (tertiary/aromatic N) is 1. The van der Waals surface area contributed by atoms with Crippen molar-refractivity contribution in [3.05, 3.63) is 0 Å². The zero-order chi connectivity index (χ0) is 14.4. The number of amides is 1. The van der Waals surface area contributed by atoms with Gasteiger partial charge in [0.05, 0.1) is 12.7 Å². The third-order valence-corrected chi connectivity index (χ3v) is 4.88. The van der Waals surface area contributed by atoms with Gasteiger partial charge in [-0.25, -0.2) is 0 Å². The van der Waals surface area contributed by atoms with E-state index in [1.54, 1.807) is 0 Å². The molecule has 1 heterocycles. The second-order valence-corrected chi connectivity index (χ2v) is 6.37. The minimum absolute atomic E-state index is 0.